The predicted molar refractivity (Wildman–Crippen MR) is 145 cm³/mol. The van der Waals surface area contributed by atoms with Gasteiger partial charge in [0.2, 0.25) is 0 Å². The van der Waals surface area contributed by atoms with Gasteiger partial charge in [-0.15, -0.1) is 11.3 Å². The van der Waals surface area contributed by atoms with Crippen LogP contribution in [0.2, 0.25) is 0 Å². The Morgan fingerprint density at radius 3 is 2.57 bits per heavy atom. The molecule has 0 spiro atoms. The van der Waals surface area contributed by atoms with Crippen molar-refractivity contribution in [3.63, 3.8) is 0 Å². The van der Waals surface area contributed by atoms with E-state index >= 15 is 0 Å². The van der Waals surface area contributed by atoms with Crippen LogP contribution < -0.4 is 0 Å². The number of benzene rings is 1. The first-order chi connectivity index (χ1) is 17.4. The Kier molecular flexibility index (Phi) is 7.71. The third kappa shape index (κ3) is 5.55. The Hall–Kier alpha value is -2.85. The molecule has 196 valence electrons. The second-order valence-electron chi connectivity index (χ2n) is 10.8. The van der Waals surface area contributed by atoms with E-state index in [0.29, 0.717) is 22.7 Å². The van der Waals surface area contributed by atoms with Gasteiger partial charge in [0.1, 0.15) is 5.01 Å². The second kappa shape index (κ2) is 10.5. The van der Waals surface area contributed by atoms with E-state index in [9.17, 15) is 14.7 Å². The molecule has 0 bridgehead atoms. The summed E-state index contributed by atoms with van der Waals surface area (Å²) < 4.78 is 6.51. The molecule has 0 radical (unpaired) electrons. The number of hydrogen-bond acceptors (Lipinski definition) is 7. The lowest BCUT2D eigenvalue weighted by atomic mass is 9.86. The van der Waals surface area contributed by atoms with Crippen LogP contribution in [0.1, 0.15) is 86.0 Å². The molecule has 1 fully saturated rings. The number of likely N-dealkylation sites (tertiary alicyclic amines) is 1. The van der Waals surface area contributed by atoms with Crippen molar-refractivity contribution in [1.82, 2.24) is 20.1 Å². The number of carbonyl (C=O) groups excluding carboxylic acids is 1. The van der Waals surface area contributed by atoms with E-state index in [2.05, 4.69) is 51.9 Å². The Bertz CT molecular complexity index is 1260. The Labute approximate surface area is 229 Å². The molecule has 1 saturated heterocycles. The van der Waals surface area contributed by atoms with Gasteiger partial charge in [-0.05, 0) is 41.2 Å². The minimum Gasteiger partial charge on any atom is -0.450 e. The summed E-state index contributed by atoms with van der Waals surface area (Å²) in [4.78, 5) is 32.6. The second-order valence-corrected chi connectivity index (χ2v) is 12.6. The fraction of sp³-hybridized carbons (Fsp3) is 0.444. The monoisotopic (exact) mass is 586 g/mol. The number of carbonyl (C=O) groups is 2. The zero-order valence-electron chi connectivity index (χ0n) is 21.5. The van der Waals surface area contributed by atoms with Crippen molar-refractivity contribution in [2.24, 2.45) is 5.92 Å². The number of halogens is 1. The summed E-state index contributed by atoms with van der Waals surface area (Å²) in [6.07, 6.45) is 2.41. The van der Waals surface area contributed by atoms with Gasteiger partial charge in [0.15, 0.2) is 5.72 Å². The fourth-order valence-electron chi connectivity index (χ4n) is 5.25. The largest absolute Gasteiger partial charge is 0.507 e. The number of aromatic nitrogens is 3. The molecular weight excluding hydrogens is 556 g/mol. The number of rotatable bonds is 6. The first kappa shape index (κ1) is 27.2. The molecule has 3 atom stereocenters. The molecule has 1 aromatic carbocycles. The molecular formula is C27H31BrN4O4S. The number of amides is 1. The smallest absolute Gasteiger partial charge is 0.450 e. The standard InChI is InChI=1S/C27H31BrN4O4S/c1-16(2)14-27(36-25(34)35)15-18(21-7-6-10-30-31-21)22(23-29-11-12-37-23)32(27)24(33)17-8-9-19(20(28)13-17)26(3,4)5/h6-13,16,18,22H,14-15H2,1-5H3,(H,34,35)/t18-,22-,27+/m1/s1. The van der Waals surface area contributed by atoms with E-state index in [1.807, 2.05) is 31.4 Å². The van der Waals surface area contributed by atoms with Gasteiger partial charge in [-0.3, -0.25) is 9.69 Å². The van der Waals surface area contributed by atoms with E-state index in [1.54, 1.807) is 35.5 Å². The Morgan fingerprint density at radius 2 is 2.03 bits per heavy atom. The average molecular weight is 588 g/mol. The number of nitrogens with zero attached hydrogens (tertiary/aromatic N) is 4. The highest BCUT2D eigenvalue weighted by atomic mass is 79.9. The number of carboxylic acid groups (broad SMARTS) is 1. The summed E-state index contributed by atoms with van der Waals surface area (Å²) in [5.74, 6) is -0.643. The van der Waals surface area contributed by atoms with Crippen molar-refractivity contribution >= 4 is 39.3 Å². The lowest BCUT2D eigenvalue weighted by molar-refractivity contribution is -0.108. The maximum absolute atomic E-state index is 14.4. The van der Waals surface area contributed by atoms with Gasteiger partial charge in [0, 0.05) is 46.6 Å². The first-order valence-electron chi connectivity index (χ1n) is 12.2. The minimum absolute atomic E-state index is 0.0437. The van der Waals surface area contributed by atoms with Crippen LogP contribution in [-0.4, -0.2) is 43.0 Å². The fourth-order valence-corrected chi connectivity index (χ4v) is 7.01. The van der Waals surface area contributed by atoms with Gasteiger partial charge < -0.3 is 9.84 Å². The van der Waals surface area contributed by atoms with E-state index < -0.39 is 17.9 Å². The summed E-state index contributed by atoms with van der Waals surface area (Å²) in [6, 6.07) is 8.59. The molecule has 2 aromatic heterocycles. The maximum Gasteiger partial charge on any atom is 0.507 e. The zero-order valence-corrected chi connectivity index (χ0v) is 23.9. The van der Waals surface area contributed by atoms with Crippen LogP contribution in [0, 0.1) is 5.92 Å². The molecule has 8 nitrogen and oxygen atoms in total. The maximum atomic E-state index is 14.4. The normalized spacial score (nSPS) is 21.9. The molecule has 3 aromatic rings. The number of ether oxygens (including phenoxy) is 1. The SMILES string of the molecule is CC(C)C[C@]1(OC(=O)O)C[C@H](c2cccnn2)[C@H](c2nccs2)N1C(=O)c1ccc(C(C)(C)C)c(Br)c1. The number of hydrogen-bond donors (Lipinski definition) is 1. The van der Waals surface area contributed by atoms with Gasteiger partial charge >= 0.3 is 6.16 Å². The van der Waals surface area contributed by atoms with Crippen molar-refractivity contribution in [2.45, 2.75) is 70.6 Å². The molecule has 0 unspecified atom stereocenters. The predicted octanol–water partition coefficient (Wildman–Crippen LogP) is 6.80. The molecule has 0 aliphatic carbocycles. The zero-order chi connectivity index (χ0) is 27.0. The summed E-state index contributed by atoms with van der Waals surface area (Å²) >= 11 is 5.06. The van der Waals surface area contributed by atoms with Gasteiger partial charge in [0.25, 0.3) is 5.91 Å². The average Bonchev–Trinajstić information content (AvgIpc) is 3.44. The highest BCUT2D eigenvalue weighted by Gasteiger charge is 2.59. The van der Waals surface area contributed by atoms with Crippen molar-refractivity contribution in [1.29, 1.82) is 0 Å². The third-order valence-corrected chi connectivity index (χ3v) is 8.06. The van der Waals surface area contributed by atoms with E-state index in [-0.39, 0.29) is 29.6 Å². The molecule has 0 saturated carbocycles. The summed E-state index contributed by atoms with van der Waals surface area (Å²) in [5.41, 5.74) is 0.620. The van der Waals surface area contributed by atoms with Crippen LogP contribution in [0.5, 0.6) is 0 Å². The van der Waals surface area contributed by atoms with Crippen LogP contribution in [0.25, 0.3) is 0 Å². The lowest BCUT2D eigenvalue weighted by Gasteiger charge is -2.40. The van der Waals surface area contributed by atoms with Crippen molar-refractivity contribution < 1.29 is 19.4 Å². The highest BCUT2D eigenvalue weighted by Crippen LogP contribution is 2.55. The van der Waals surface area contributed by atoms with Crippen molar-refractivity contribution in [3.8, 4) is 0 Å². The molecule has 4 rings (SSSR count). The quantitative estimate of drug-likeness (QED) is 0.316. The van der Waals surface area contributed by atoms with E-state index in [1.165, 1.54) is 11.3 Å². The van der Waals surface area contributed by atoms with Crippen molar-refractivity contribution in [3.05, 3.63) is 74.4 Å². The van der Waals surface area contributed by atoms with Gasteiger partial charge in [0.05, 0.1) is 11.7 Å². The molecule has 1 aliphatic heterocycles. The van der Waals surface area contributed by atoms with Crippen LogP contribution in [0.15, 0.2) is 52.6 Å². The van der Waals surface area contributed by atoms with Crippen molar-refractivity contribution in [2.75, 3.05) is 0 Å². The molecule has 1 N–H and O–H groups in total. The van der Waals surface area contributed by atoms with Crippen LogP contribution in [0.4, 0.5) is 4.79 Å². The van der Waals surface area contributed by atoms with Gasteiger partial charge in [-0.2, -0.15) is 10.2 Å². The first-order valence-corrected chi connectivity index (χ1v) is 13.8. The van der Waals surface area contributed by atoms with E-state index in [4.69, 9.17) is 4.74 Å². The summed E-state index contributed by atoms with van der Waals surface area (Å²) in [7, 11) is 0. The summed E-state index contributed by atoms with van der Waals surface area (Å²) in [5, 5.41) is 20.8. The highest BCUT2D eigenvalue weighted by molar-refractivity contribution is 9.10. The molecule has 37 heavy (non-hydrogen) atoms. The molecule has 1 aliphatic rings. The number of thiazole rings is 1. The van der Waals surface area contributed by atoms with Crippen LogP contribution in [0.3, 0.4) is 0 Å². The van der Waals surface area contributed by atoms with Gasteiger partial charge in [-0.1, -0.05) is 56.6 Å². The van der Waals surface area contributed by atoms with Crippen LogP contribution >= 0.6 is 27.3 Å². The minimum atomic E-state index is -1.43. The van der Waals surface area contributed by atoms with Crippen LogP contribution in [-0.2, 0) is 10.2 Å². The van der Waals surface area contributed by atoms with E-state index in [0.717, 1.165) is 10.0 Å². The molecule has 1 amide bonds. The molecule has 10 heteroatoms. The Balaban J connectivity index is 1.92. The topological polar surface area (TPSA) is 106 Å². The lowest BCUT2D eigenvalue weighted by Crippen LogP contribution is -2.52. The Morgan fingerprint density at radius 1 is 1.27 bits per heavy atom. The van der Waals surface area contributed by atoms with Gasteiger partial charge in [-0.25, -0.2) is 9.78 Å². The third-order valence-electron chi connectivity index (χ3n) is 6.56. The summed E-state index contributed by atoms with van der Waals surface area (Å²) in [6.45, 7) is 10.3. The molecule has 3 heterocycles.